The molecule has 4 heterocycles. The van der Waals surface area contributed by atoms with Gasteiger partial charge in [-0.3, -0.25) is 0 Å². The molecule has 150 valence electrons. The molecule has 2 aromatic carbocycles. The first kappa shape index (κ1) is 18.5. The minimum atomic E-state index is -3.71. The Morgan fingerprint density at radius 3 is 2.41 bits per heavy atom. The lowest BCUT2D eigenvalue weighted by Crippen LogP contribution is -2.48. The molecule has 1 aromatic heterocycles. The molecule has 3 saturated heterocycles. The highest BCUT2D eigenvalue weighted by Crippen LogP contribution is 2.37. The lowest BCUT2D eigenvalue weighted by molar-refractivity contribution is 0.0215. The van der Waals surface area contributed by atoms with Crippen LogP contribution in [-0.4, -0.2) is 41.6 Å². The van der Waals surface area contributed by atoms with Crippen molar-refractivity contribution in [1.29, 1.82) is 0 Å². The van der Waals surface area contributed by atoms with Crippen LogP contribution in [0.1, 0.15) is 24.0 Å². The Hall–Kier alpha value is -2.57. The van der Waals surface area contributed by atoms with E-state index in [1.54, 1.807) is 18.3 Å². The molecule has 3 aliphatic rings. The van der Waals surface area contributed by atoms with Gasteiger partial charge in [0.2, 0.25) is 0 Å². The van der Waals surface area contributed by atoms with Crippen LogP contribution >= 0.6 is 0 Å². The van der Waals surface area contributed by atoms with Crippen molar-refractivity contribution >= 4 is 27.0 Å². The summed E-state index contributed by atoms with van der Waals surface area (Å²) in [6, 6.07) is 14.4. The van der Waals surface area contributed by atoms with E-state index in [1.165, 1.54) is 3.97 Å². The number of nitrogens with zero attached hydrogens (tertiary/aromatic N) is 2. The molecule has 1 unspecified atom stereocenters. The number of hydrogen-bond acceptors (Lipinski definition) is 4. The zero-order chi connectivity index (χ0) is 20.2. The molecule has 0 spiro atoms. The number of para-hydroxylation sites is 1. The smallest absolute Gasteiger partial charge is 0.268 e. The maximum absolute atomic E-state index is 13.3. The second kappa shape index (κ2) is 6.75. The van der Waals surface area contributed by atoms with E-state index in [9.17, 15) is 13.5 Å². The van der Waals surface area contributed by atoms with Crippen molar-refractivity contribution in [3.8, 4) is 0 Å². The first-order chi connectivity index (χ1) is 13.9. The van der Waals surface area contributed by atoms with E-state index in [2.05, 4.69) is 4.90 Å². The summed E-state index contributed by atoms with van der Waals surface area (Å²) in [4.78, 5) is 2.49. The Labute approximate surface area is 170 Å². The summed E-state index contributed by atoms with van der Waals surface area (Å²) in [7, 11) is -3.71. The summed E-state index contributed by atoms with van der Waals surface area (Å²) in [5.41, 5.74) is 3.38. The number of rotatable bonds is 3. The molecular weight excluding hydrogens is 384 g/mol. The number of aliphatic hydroxyl groups excluding tert-OH is 1. The van der Waals surface area contributed by atoms with Gasteiger partial charge in [-0.15, -0.1) is 0 Å². The lowest BCUT2D eigenvalue weighted by Gasteiger charge is -2.45. The van der Waals surface area contributed by atoms with Gasteiger partial charge in [-0.05, 0) is 50.0 Å². The quantitative estimate of drug-likeness (QED) is 0.719. The van der Waals surface area contributed by atoms with Gasteiger partial charge in [-0.1, -0.05) is 35.9 Å². The second-order valence-corrected chi connectivity index (χ2v) is 9.87. The van der Waals surface area contributed by atoms with Gasteiger partial charge in [0.1, 0.15) is 0 Å². The molecule has 6 heteroatoms. The number of hydrogen-bond donors (Lipinski definition) is 1. The minimum absolute atomic E-state index is 0.267. The van der Waals surface area contributed by atoms with Gasteiger partial charge < -0.3 is 10.0 Å². The standard InChI is InChI=1S/C23H24N2O3S/c1-16-6-8-19(9-7-16)29(27,28)25-15-18(20-4-2-3-5-21(20)25)14-22-23(26)17-10-12-24(22)13-11-17/h2-9,14-15,17,23,26H,10-13H2,1H3/b22-14-. The highest BCUT2D eigenvalue weighted by Gasteiger charge is 2.36. The number of fused-ring (bicyclic) bond motifs is 4. The third-order valence-corrected chi connectivity index (χ3v) is 7.93. The molecule has 3 aliphatic heterocycles. The van der Waals surface area contributed by atoms with Crippen molar-refractivity contribution in [2.75, 3.05) is 13.1 Å². The van der Waals surface area contributed by atoms with Crippen LogP contribution < -0.4 is 0 Å². The van der Waals surface area contributed by atoms with Gasteiger partial charge in [0, 0.05) is 35.9 Å². The van der Waals surface area contributed by atoms with Gasteiger partial charge in [0.05, 0.1) is 16.5 Å². The third kappa shape index (κ3) is 2.98. The van der Waals surface area contributed by atoms with Crippen LogP contribution in [0.5, 0.6) is 0 Å². The van der Waals surface area contributed by atoms with E-state index in [4.69, 9.17) is 0 Å². The van der Waals surface area contributed by atoms with Crippen LogP contribution in [0.15, 0.2) is 65.3 Å². The van der Waals surface area contributed by atoms with E-state index in [-0.39, 0.29) is 4.90 Å². The van der Waals surface area contributed by atoms with Crippen molar-refractivity contribution in [3.05, 3.63) is 71.6 Å². The number of piperidine rings is 3. The maximum Gasteiger partial charge on any atom is 0.268 e. The van der Waals surface area contributed by atoms with Gasteiger partial charge >= 0.3 is 0 Å². The Morgan fingerprint density at radius 1 is 1.03 bits per heavy atom. The summed E-state index contributed by atoms with van der Waals surface area (Å²) >= 11 is 0. The van der Waals surface area contributed by atoms with Crippen molar-refractivity contribution < 1.29 is 13.5 Å². The topological polar surface area (TPSA) is 62.5 Å². The minimum Gasteiger partial charge on any atom is -0.387 e. The summed E-state index contributed by atoms with van der Waals surface area (Å²) in [6.07, 6.45) is 5.21. The van der Waals surface area contributed by atoms with E-state index in [1.807, 2.05) is 49.4 Å². The molecule has 0 aliphatic carbocycles. The summed E-state index contributed by atoms with van der Waals surface area (Å²) in [5.74, 6) is 0.302. The van der Waals surface area contributed by atoms with Crippen molar-refractivity contribution in [2.45, 2.75) is 30.8 Å². The van der Waals surface area contributed by atoms with Gasteiger partial charge in [-0.2, -0.15) is 0 Å². The zero-order valence-corrected chi connectivity index (χ0v) is 17.1. The summed E-state index contributed by atoms with van der Waals surface area (Å²) < 4.78 is 28.0. The first-order valence-electron chi connectivity index (χ1n) is 10.0. The highest BCUT2D eigenvalue weighted by molar-refractivity contribution is 7.90. The molecule has 29 heavy (non-hydrogen) atoms. The fourth-order valence-corrected chi connectivity index (χ4v) is 5.93. The second-order valence-electron chi connectivity index (χ2n) is 8.05. The van der Waals surface area contributed by atoms with Crippen LogP contribution in [0.2, 0.25) is 0 Å². The monoisotopic (exact) mass is 408 g/mol. The van der Waals surface area contributed by atoms with Crippen molar-refractivity contribution in [1.82, 2.24) is 8.87 Å². The number of aliphatic hydroxyl groups is 1. The van der Waals surface area contributed by atoms with Gasteiger partial charge in [-0.25, -0.2) is 12.4 Å². The van der Waals surface area contributed by atoms with Gasteiger partial charge in [0.15, 0.2) is 0 Å². The molecule has 3 aromatic rings. The average molecular weight is 409 g/mol. The molecule has 1 atom stereocenters. The zero-order valence-electron chi connectivity index (χ0n) is 16.3. The summed E-state index contributed by atoms with van der Waals surface area (Å²) in [5, 5.41) is 11.6. The number of aromatic nitrogens is 1. The SMILES string of the molecule is Cc1ccc(S(=O)(=O)n2cc(/C=C3/C(O)C4CCN3CC4)c3ccccc32)cc1. The normalized spacial score (nSPS) is 23.2. The lowest BCUT2D eigenvalue weighted by atomic mass is 9.83. The molecular formula is C23H24N2O3S. The van der Waals surface area contributed by atoms with Crippen LogP contribution in [0.3, 0.4) is 0 Å². The third-order valence-electron chi connectivity index (χ3n) is 6.24. The van der Waals surface area contributed by atoms with E-state index >= 15 is 0 Å². The number of benzene rings is 2. The number of aryl methyl sites for hydroxylation is 1. The largest absolute Gasteiger partial charge is 0.387 e. The molecule has 0 radical (unpaired) electrons. The van der Waals surface area contributed by atoms with Crippen LogP contribution in [0, 0.1) is 12.8 Å². The van der Waals surface area contributed by atoms with E-state index < -0.39 is 16.1 Å². The fourth-order valence-electron chi connectivity index (χ4n) is 4.55. The fraction of sp³-hybridized carbons (Fsp3) is 0.304. The van der Waals surface area contributed by atoms with Crippen molar-refractivity contribution in [2.24, 2.45) is 5.92 Å². The molecule has 2 bridgehead atoms. The van der Waals surface area contributed by atoms with Gasteiger partial charge in [0.25, 0.3) is 10.0 Å². The molecule has 5 nitrogen and oxygen atoms in total. The van der Waals surface area contributed by atoms with E-state index in [0.29, 0.717) is 11.4 Å². The van der Waals surface area contributed by atoms with Crippen LogP contribution in [0.25, 0.3) is 17.0 Å². The Balaban J connectivity index is 1.66. The highest BCUT2D eigenvalue weighted by atomic mass is 32.2. The van der Waals surface area contributed by atoms with Crippen LogP contribution in [0.4, 0.5) is 0 Å². The Kier molecular flexibility index (Phi) is 4.29. The molecule has 3 fully saturated rings. The molecule has 0 saturated carbocycles. The predicted molar refractivity (Wildman–Crippen MR) is 114 cm³/mol. The predicted octanol–water partition coefficient (Wildman–Crippen LogP) is 3.61. The summed E-state index contributed by atoms with van der Waals surface area (Å²) in [6.45, 7) is 3.84. The molecule has 0 amide bonds. The Morgan fingerprint density at radius 2 is 1.72 bits per heavy atom. The maximum atomic E-state index is 13.3. The molecule has 6 rings (SSSR count). The average Bonchev–Trinajstić information content (AvgIpc) is 3.11. The van der Waals surface area contributed by atoms with E-state index in [0.717, 1.165) is 48.1 Å². The first-order valence-corrected chi connectivity index (χ1v) is 11.5. The van der Waals surface area contributed by atoms with Crippen LogP contribution in [-0.2, 0) is 10.0 Å². The molecule has 1 N–H and O–H groups in total. The van der Waals surface area contributed by atoms with Crippen molar-refractivity contribution in [3.63, 3.8) is 0 Å². The Bertz CT molecular complexity index is 1200.